The monoisotopic (exact) mass is 314 g/mol. The van der Waals surface area contributed by atoms with Crippen LogP contribution in [0.1, 0.15) is 13.8 Å². The number of hydrogen-bond acceptors (Lipinski definition) is 7. The second-order valence-corrected chi connectivity index (χ2v) is 5.71. The number of hydrogen-bond donors (Lipinski definition) is 2. The van der Waals surface area contributed by atoms with E-state index < -0.39 is 0 Å². The van der Waals surface area contributed by atoms with Gasteiger partial charge in [-0.15, -0.1) is 5.10 Å². The van der Waals surface area contributed by atoms with Gasteiger partial charge in [0.1, 0.15) is 0 Å². The van der Waals surface area contributed by atoms with Gasteiger partial charge in [-0.1, -0.05) is 12.1 Å². The first kappa shape index (κ1) is 15.5. The Balaban J connectivity index is 1.80. The molecule has 1 aromatic carbocycles. The molecule has 122 valence electrons. The Hall–Kier alpha value is -2.41. The fourth-order valence-electron chi connectivity index (χ4n) is 2.50. The molecule has 3 rings (SSSR count). The van der Waals surface area contributed by atoms with Crippen LogP contribution in [0, 0.1) is 0 Å². The Labute approximate surface area is 136 Å². The normalized spacial score (nSPS) is 14.8. The largest absolute Gasteiger partial charge is 0.378 e. The standard InChI is InChI=1S/C16H22N6O/c1-12(2)18-15-11-17-21-16(20-15)19-13-5-3-4-6-14(13)22-7-9-23-10-8-22/h3-6,11-12H,7-10H2,1-2H3,(H2,18,19,20,21). The van der Waals surface area contributed by atoms with Crippen molar-refractivity contribution in [2.24, 2.45) is 0 Å². The van der Waals surface area contributed by atoms with Crippen molar-refractivity contribution in [3.05, 3.63) is 30.5 Å². The van der Waals surface area contributed by atoms with Gasteiger partial charge in [-0.05, 0) is 26.0 Å². The quantitative estimate of drug-likeness (QED) is 0.877. The molecular formula is C16H22N6O. The summed E-state index contributed by atoms with van der Waals surface area (Å²) < 4.78 is 5.43. The summed E-state index contributed by atoms with van der Waals surface area (Å²) in [6.45, 7) is 7.38. The molecule has 0 saturated carbocycles. The van der Waals surface area contributed by atoms with E-state index in [1.165, 1.54) is 0 Å². The van der Waals surface area contributed by atoms with Crippen LogP contribution < -0.4 is 15.5 Å². The molecule has 7 nitrogen and oxygen atoms in total. The van der Waals surface area contributed by atoms with Crippen molar-refractivity contribution < 1.29 is 4.74 Å². The van der Waals surface area contributed by atoms with Crippen LogP contribution in [-0.2, 0) is 4.74 Å². The highest BCUT2D eigenvalue weighted by molar-refractivity contribution is 5.73. The molecule has 1 aromatic heterocycles. The van der Waals surface area contributed by atoms with E-state index in [9.17, 15) is 0 Å². The lowest BCUT2D eigenvalue weighted by molar-refractivity contribution is 0.123. The third kappa shape index (κ3) is 4.07. The Kier molecular flexibility index (Phi) is 4.87. The summed E-state index contributed by atoms with van der Waals surface area (Å²) in [5.74, 6) is 1.19. The number of anilines is 4. The van der Waals surface area contributed by atoms with Crippen LogP contribution in [0.2, 0.25) is 0 Å². The van der Waals surface area contributed by atoms with Crippen molar-refractivity contribution in [1.29, 1.82) is 0 Å². The van der Waals surface area contributed by atoms with Gasteiger partial charge in [-0.2, -0.15) is 10.1 Å². The summed E-state index contributed by atoms with van der Waals surface area (Å²) in [4.78, 5) is 6.76. The topological polar surface area (TPSA) is 75.2 Å². The Bertz CT molecular complexity index is 642. The number of morpholine rings is 1. The molecule has 7 heteroatoms. The highest BCUT2D eigenvalue weighted by atomic mass is 16.5. The van der Waals surface area contributed by atoms with Crippen LogP contribution in [0.5, 0.6) is 0 Å². The molecule has 2 N–H and O–H groups in total. The van der Waals surface area contributed by atoms with Crippen molar-refractivity contribution in [1.82, 2.24) is 15.2 Å². The maximum Gasteiger partial charge on any atom is 0.249 e. The molecular weight excluding hydrogens is 292 g/mol. The van der Waals surface area contributed by atoms with E-state index in [4.69, 9.17) is 4.74 Å². The van der Waals surface area contributed by atoms with Crippen molar-refractivity contribution in [2.45, 2.75) is 19.9 Å². The highest BCUT2D eigenvalue weighted by Crippen LogP contribution is 2.28. The molecule has 1 fully saturated rings. The molecule has 1 aliphatic heterocycles. The molecule has 0 unspecified atom stereocenters. The fourth-order valence-corrected chi connectivity index (χ4v) is 2.50. The molecule has 0 radical (unpaired) electrons. The third-order valence-corrected chi connectivity index (χ3v) is 3.50. The SMILES string of the molecule is CC(C)Nc1cnnc(Nc2ccccc2N2CCOCC2)n1. The minimum absolute atomic E-state index is 0.292. The molecule has 0 spiro atoms. The molecule has 2 heterocycles. The molecule has 0 bridgehead atoms. The first-order valence-corrected chi connectivity index (χ1v) is 7.87. The summed E-state index contributed by atoms with van der Waals surface area (Å²) in [6.07, 6.45) is 1.62. The summed E-state index contributed by atoms with van der Waals surface area (Å²) in [6, 6.07) is 8.44. The van der Waals surface area contributed by atoms with E-state index in [0.29, 0.717) is 17.8 Å². The van der Waals surface area contributed by atoms with Crippen LogP contribution >= 0.6 is 0 Å². The van der Waals surface area contributed by atoms with Gasteiger partial charge in [0.25, 0.3) is 0 Å². The Morgan fingerprint density at radius 1 is 1.17 bits per heavy atom. The maximum atomic E-state index is 5.43. The zero-order valence-corrected chi connectivity index (χ0v) is 13.5. The number of para-hydroxylation sites is 2. The number of nitrogens with one attached hydrogen (secondary N) is 2. The van der Waals surface area contributed by atoms with Gasteiger partial charge in [-0.3, -0.25) is 0 Å². The lowest BCUT2D eigenvalue weighted by Gasteiger charge is -2.30. The predicted octanol–water partition coefficient (Wildman–Crippen LogP) is 2.27. The summed E-state index contributed by atoms with van der Waals surface area (Å²) >= 11 is 0. The summed E-state index contributed by atoms with van der Waals surface area (Å²) in [7, 11) is 0. The minimum atomic E-state index is 0.292. The number of nitrogens with zero attached hydrogens (tertiary/aromatic N) is 4. The van der Waals surface area contributed by atoms with E-state index in [-0.39, 0.29) is 0 Å². The van der Waals surface area contributed by atoms with E-state index in [0.717, 1.165) is 37.7 Å². The van der Waals surface area contributed by atoms with Gasteiger partial charge in [0.15, 0.2) is 5.82 Å². The van der Waals surface area contributed by atoms with Crippen molar-refractivity contribution in [3.63, 3.8) is 0 Å². The number of rotatable bonds is 5. The van der Waals surface area contributed by atoms with Crippen LogP contribution in [-0.4, -0.2) is 47.5 Å². The number of ether oxygens (including phenoxy) is 1. The van der Waals surface area contributed by atoms with Crippen LogP contribution in [0.15, 0.2) is 30.5 Å². The molecule has 1 saturated heterocycles. The predicted molar refractivity (Wildman–Crippen MR) is 91.3 cm³/mol. The second-order valence-electron chi connectivity index (χ2n) is 5.71. The average Bonchev–Trinajstić information content (AvgIpc) is 2.56. The lowest BCUT2D eigenvalue weighted by Crippen LogP contribution is -2.36. The smallest absolute Gasteiger partial charge is 0.249 e. The second kappa shape index (κ2) is 7.23. The van der Waals surface area contributed by atoms with Crippen LogP contribution in [0.3, 0.4) is 0 Å². The lowest BCUT2D eigenvalue weighted by atomic mass is 10.2. The van der Waals surface area contributed by atoms with Crippen molar-refractivity contribution >= 4 is 23.1 Å². The molecule has 23 heavy (non-hydrogen) atoms. The van der Waals surface area contributed by atoms with Crippen molar-refractivity contribution in [2.75, 3.05) is 41.8 Å². The zero-order valence-electron chi connectivity index (χ0n) is 13.5. The van der Waals surface area contributed by atoms with Gasteiger partial charge in [0.2, 0.25) is 5.95 Å². The highest BCUT2D eigenvalue weighted by Gasteiger charge is 2.15. The zero-order chi connectivity index (χ0) is 16.1. The molecule has 2 aromatic rings. The van der Waals surface area contributed by atoms with Gasteiger partial charge in [0, 0.05) is 19.1 Å². The third-order valence-electron chi connectivity index (χ3n) is 3.50. The molecule has 0 aliphatic carbocycles. The Morgan fingerprint density at radius 2 is 1.96 bits per heavy atom. The number of benzene rings is 1. The molecule has 1 aliphatic rings. The first-order valence-electron chi connectivity index (χ1n) is 7.87. The van der Waals surface area contributed by atoms with Gasteiger partial charge < -0.3 is 20.3 Å². The van der Waals surface area contributed by atoms with E-state index in [2.05, 4.69) is 50.6 Å². The summed E-state index contributed by atoms with van der Waals surface area (Å²) in [5, 5.41) is 14.6. The van der Waals surface area contributed by atoms with Gasteiger partial charge in [-0.25, -0.2) is 0 Å². The van der Waals surface area contributed by atoms with Gasteiger partial charge in [0.05, 0.1) is 30.8 Å². The minimum Gasteiger partial charge on any atom is -0.378 e. The average molecular weight is 314 g/mol. The maximum absolute atomic E-state index is 5.43. The molecule has 0 amide bonds. The molecule has 0 atom stereocenters. The van der Waals surface area contributed by atoms with E-state index in [1.54, 1.807) is 6.20 Å². The van der Waals surface area contributed by atoms with E-state index in [1.807, 2.05) is 18.2 Å². The number of aromatic nitrogens is 3. The van der Waals surface area contributed by atoms with Crippen molar-refractivity contribution in [3.8, 4) is 0 Å². The first-order chi connectivity index (χ1) is 11.2. The van der Waals surface area contributed by atoms with Crippen LogP contribution in [0.4, 0.5) is 23.1 Å². The Morgan fingerprint density at radius 3 is 2.74 bits per heavy atom. The van der Waals surface area contributed by atoms with Crippen LogP contribution in [0.25, 0.3) is 0 Å². The fraction of sp³-hybridized carbons (Fsp3) is 0.438. The van der Waals surface area contributed by atoms with E-state index >= 15 is 0 Å². The summed E-state index contributed by atoms with van der Waals surface area (Å²) in [5.41, 5.74) is 2.10. The van der Waals surface area contributed by atoms with Gasteiger partial charge >= 0.3 is 0 Å².